The van der Waals surface area contributed by atoms with Gasteiger partial charge in [-0.2, -0.15) is 0 Å². The van der Waals surface area contributed by atoms with E-state index in [1.807, 2.05) is 11.9 Å². The van der Waals surface area contributed by atoms with E-state index in [2.05, 4.69) is 7.28 Å². The quantitative estimate of drug-likeness (QED) is 0.527. The summed E-state index contributed by atoms with van der Waals surface area (Å²) >= 11 is 0. The fourth-order valence-electron chi connectivity index (χ4n) is 3.05. The molecule has 0 aromatic carbocycles. The van der Waals surface area contributed by atoms with Gasteiger partial charge in [-0.05, 0) is 18.8 Å². The molecule has 11 heavy (non-hydrogen) atoms. The normalized spacial score (nSPS) is 57.7. The summed E-state index contributed by atoms with van der Waals surface area (Å²) in [6.07, 6.45) is 1.19. The monoisotopic (exact) mass is 150 g/mol. The molecule has 2 aliphatic heterocycles. The smallest absolute Gasteiger partial charge is 0.320 e. The molecule has 1 saturated carbocycles. The van der Waals surface area contributed by atoms with Gasteiger partial charge in [0.25, 0.3) is 0 Å². The SMILES string of the molecule is CN1C2CC3[B]C32C1C(=O)O. The van der Waals surface area contributed by atoms with Gasteiger partial charge in [0.05, 0.1) is 0 Å². The molecule has 0 bridgehead atoms. The molecule has 3 nitrogen and oxygen atoms in total. The summed E-state index contributed by atoms with van der Waals surface area (Å²) in [5.41, 5.74) is 0. The number of hydrogen-bond donors (Lipinski definition) is 1. The number of likely N-dealkylation sites (tertiary alicyclic amines) is 1. The first kappa shape index (κ1) is 6.06. The summed E-state index contributed by atoms with van der Waals surface area (Å²) < 4.78 is 0. The molecule has 3 rings (SSSR count). The number of nitrogens with zero attached hydrogens (tertiary/aromatic N) is 1. The van der Waals surface area contributed by atoms with Crippen LogP contribution in [0.15, 0.2) is 0 Å². The first-order valence-electron chi connectivity index (χ1n) is 3.98. The molecular weight excluding hydrogens is 141 g/mol. The summed E-state index contributed by atoms with van der Waals surface area (Å²) in [4.78, 5) is 12.7. The Morgan fingerprint density at radius 3 is 2.91 bits per heavy atom. The van der Waals surface area contributed by atoms with E-state index in [0.29, 0.717) is 11.9 Å². The standard InChI is InChI=1S/C7H9BNO2/c1-9-4-2-3-7(4,8-3)5(9)6(10)11/h3-5H,2H2,1H3,(H,10,11). The molecule has 2 saturated heterocycles. The summed E-state index contributed by atoms with van der Waals surface area (Å²) in [7, 11) is 4.13. The lowest BCUT2D eigenvalue weighted by atomic mass is 9.61. The average molecular weight is 150 g/mol. The highest BCUT2D eigenvalue weighted by molar-refractivity contribution is 6.61. The van der Waals surface area contributed by atoms with Crippen molar-refractivity contribution in [2.75, 3.05) is 7.05 Å². The minimum absolute atomic E-state index is 0.139. The van der Waals surface area contributed by atoms with Gasteiger partial charge in [0.2, 0.25) is 0 Å². The number of likely N-dealkylation sites (N-methyl/N-ethyl adjacent to an activating group) is 1. The summed E-state index contributed by atoms with van der Waals surface area (Å²) in [6, 6.07) is 0.361. The summed E-state index contributed by atoms with van der Waals surface area (Å²) in [5, 5.41) is 9.00. The summed E-state index contributed by atoms with van der Waals surface area (Å²) in [6.45, 7) is 0. The van der Waals surface area contributed by atoms with Crippen LogP contribution in [0, 0.1) is 0 Å². The van der Waals surface area contributed by atoms with Crippen LogP contribution in [-0.2, 0) is 4.79 Å². The topological polar surface area (TPSA) is 40.5 Å². The first-order chi connectivity index (χ1) is 5.18. The Balaban J connectivity index is 1.91. The number of aliphatic carboxylic acids is 1. The molecule has 1 spiro atoms. The van der Waals surface area contributed by atoms with Crippen molar-refractivity contribution in [2.45, 2.75) is 29.6 Å². The van der Waals surface area contributed by atoms with Crippen LogP contribution >= 0.6 is 0 Å². The van der Waals surface area contributed by atoms with Gasteiger partial charge in [0.15, 0.2) is 0 Å². The maximum Gasteiger partial charge on any atom is 0.320 e. The van der Waals surface area contributed by atoms with E-state index in [4.69, 9.17) is 5.11 Å². The maximum absolute atomic E-state index is 10.8. The molecule has 3 fully saturated rings. The van der Waals surface area contributed by atoms with Crippen LogP contribution in [0.2, 0.25) is 11.1 Å². The van der Waals surface area contributed by atoms with Gasteiger partial charge in [-0.1, -0.05) is 5.82 Å². The third-order valence-electron chi connectivity index (χ3n) is 3.68. The first-order valence-corrected chi connectivity index (χ1v) is 3.98. The molecular formula is C7H9BNO2. The molecule has 4 atom stereocenters. The highest BCUT2D eigenvalue weighted by Crippen LogP contribution is 2.81. The van der Waals surface area contributed by atoms with Crippen molar-refractivity contribution in [3.05, 3.63) is 0 Å². The molecule has 1 N–H and O–H groups in total. The predicted octanol–water partition coefficient (Wildman–Crippen LogP) is -0.178. The number of hydrogen-bond acceptors (Lipinski definition) is 2. The number of carboxylic acid groups (broad SMARTS) is 1. The lowest BCUT2D eigenvalue weighted by Crippen LogP contribution is -2.67. The van der Waals surface area contributed by atoms with Gasteiger partial charge in [-0.25, -0.2) is 0 Å². The molecule has 57 valence electrons. The van der Waals surface area contributed by atoms with E-state index in [9.17, 15) is 4.79 Å². The minimum atomic E-state index is -0.651. The maximum atomic E-state index is 10.8. The van der Waals surface area contributed by atoms with Crippen molar-refractivity contribution in [3.8, 4) is 0 Å². The van der Waals surface area contributed by atoms with Gasteiger partial charge in [0, 0.05) is 6.04 Å². The average Bonchev–Trinajstić information content (AvgIpc) is 2.51. The Kier molecular flexibility index (Phi) is 0.746. The second-order valence-corrected chi connectivity index (χ2v) is 3.93. The Bertz CT molecular complexity index is 257. The van der Waals surface area contributed by atoms with Gasteiger partial charge in [-0.3, -0.25) is 9.69 Å². The Morgan fingerprint density at radius 2 is 2.55 bits per heavy atom. The third kappa shape index (κ3) is 0.400. The molecule has 0 aromatic heterocycles. The van der Waals surface area contributed by atoms with E-state index in [-0.39, 0.29) is 11.4 Å². The molecule has 1 radical (unpaired) electrons. The van der Waals surface area contributed by atoms with E-state index in [1.54, 1.807) is 0 Å². The van der Waals surface area contributed by atoms with Crippen molar-refractivity contribution in [1.82, 2.24) is 4.90 Å². The lowest BCUT2D eigenvalue weighted by Gasteiger charge is -2.60. The Hall–Kier alpha value is -0.505. The van der Waals surface area contributed by atoms with Gasteiger partial charge < -0.3 is 5.11 Å². The molecule has 0 amide bonds. The largest absolute Gasteiger partial charge is 0.480 e. The lowest BCUT2D eigenvalue weighted by molar-refractivity contribution is -0.159. The van der Waals surface area contributed by atoms with Gasteiger partial charge in [-0.15, -0.1) is 0 Å². The molecule has 3 aliphatic rings. The van der Waals surface area contributed by atoms with Crippen LogP contribution in [0.25, 0.3) is 0 Å². The van der Waals surface area contributed by atoms with Crippen molar-refractivity contribution < 1.29 is 9.90 Å². The molecule has 2 heterocycles. The number of piperidine rings is 1. The molecule has 1 aliphatic carbocycles. The van der Waals surface area contributed by atoms with Gasteiger partial charge in [0.1, 0.15) is 13.3 Å². The number of rotatable bonds is 1. The minimum Gasteiger partial charge on any atom is -0.480 e. The van der Waals surface area contributed by atoms with Crippen LogP contribution in [0.4, 0.5) is 0 Å². The molecule has 4 heteroatoms. The van der Waals surface area contributed by atoms with E-state index in [0.717, 1.165) is 0 Å². The van der Waals surface area contributed by atoms with Crippen LogP contribution in [0.1, 0.15) is 6.42 Å². The highest BCUT2D eigenvalue weighted by atomic mass is 16.4. The fourth-order valence-corrected chi connectivity index (χ4v) is 3.05. The Labute approximate surface area is 65.6 Å². The zero-order chi connectivity index (χ0) is 7.80. The summed E-state index contributed by atoms with van der Waals surface area (Å²) in [5.74, 6) is -0.00741. The van der Waals surface area contributed by atoms with Gasteiger partial charge >= 0.3 is 5.97 Å². The molecule has 4 unspecified atom stereocenters. The van der Waals surface area contributed by atoms with Crippen LogP contribution in [0.3, 0.4) is 0 Å². The van der Waals surface area contributed by atoms with E-state index in [1.165, 1.54) is 6.42 Å². The van der Waals surface area contributed by atoms with Crippen molar-refractivity contribution in [1.29, 1.82) is 0 Å². The highest BCUT2D eigenvalue weighted by Gasteiger charge is 2.81. The van der Waals surface area contributed by atoms with Crippen molar-refractivity contribution >= 4 is 13.2 Å². The van der Waals surface area contributed by atoms with Crippen molar-refractivity contribution in [3.63, 3.8) is 0 Å². The number of carboxylic acids is 1. The zero-order valence-electron chi connectivity index (χ0n) is 6.32. The Morgan fingerprint density at radius 1 is 1.82 bits per heavy atom. The van der Waals surface area contributed by atoms with Crippen LogP contribution in [0.5, 0.6) is 0 Å². The zero-order valence-corrected chi connectivity index (χ0v) is 6.32. The van der Waals surface area contributed by atoms with E-state index < -0.39 is 5.97 Å². The van der Waals surface area contributed by atoms with E-state index >= 15 is 0 Å². The molecule has 0 aromatic rings. The predicted molar refractivity (Wildman–Crippen MR) is 39.8 cm³/mol. The van der Waals surface area contributed by atoms with Crippen molar-refractivity contribution in [2.24, 2.45) is 0 Å². The van der Waals surface area contributed by atoms with Crippen LogP contribution in [-0.4, -0.2) is 42.4 Å². The number of carbonyl (C=O) groups is 1. The third-order valence-corrected chi connectivity index (χ3v) is 3.68. The fraction of sp³-hybridized carbons (Fsp3) is 0.857. The second kappa shape index (κ2) is 1.35. The van der Waals surface area contributed by atoms with Crippen LogP contribution < -0.4 is 0 Å². The second-order valence-electron chi connectivity index (χ2n) is 3.93.